The van der Waals surface area contributed by atoms with Gasteiger partial charge in [0.15, 0.2) is 5.82 Å². The van der Waals surface area contributed by atoms with Gasteiger partial charge in [-0.15, -0.1) is 0 Å². The third kappa shape index (κ3) is 2.20. The van der Waals surface area contributed by atoms with E-state index in [1.165, 1.54) is 16.6 Å². The molecule has 6 N–H and O–H groups in total. The van der Waals surface area contributed by atoms with E-state index in [2.05, 4.69) is 14.6 Å². The predicted octanol–water partition coefficient (Wildman–Crippen LogP) is -1.60. The summed E-state index contributed by atoms with van der Waals surface area (Å²) in [6, 6.07) is 4.81. The summed E-state index contributed by atoms with van der Waals surface area (Å²) < 4.78 is 22.6. The van der Waals surface area contributed by atoms with Gasteiger partial charge in [0.2, 0.25) is 5.60 Å². The fraction of sp³-hybridized carbons (Fsp3) is 0.462. The van der Waals surface area contributed by atoms with Crippen LogP contribution in [-0.2, 0) is 19.4 Å². The zero-order valence-electron chi connectivity index (χ0n) is 13.0. The number of aliphatic hydroxyl groups is 2. The molecule has 138 valence electrons. The van der Waals surface area contributed by atoms with Crippen LogP contribution in [0.4, 0.5) is 5.82 Å². The van der Waals surface area contributed by atoms with Crippen molar-refractivity contribution in [2.45, 2.75) is 35.9 Å². The van der Waals surface area contributed by atoms with E-state index in [1.54, 1.807) is 0 Å². The largest absolute Gasteiger partial charge is 0.469 e. The van der Waals surface area contributed by atoms with E-state index in [-0.39, 0.29) is 17.9 Å². The van der Waals surface area contributed by atoms with E-state index < -0.39 is 37.3 Å². The number of aliphatic hydroxyl groups excluding tert-OH is 2. The van der Waals surface area contributed by atoms with Crippen LogP contribution in [0.15, 0.2) is 18.5 Å². The number of nitrogen functional groups attached to an aromatic ring is 1. The van der Waals surface area contributed by atoms with Crippen molar-refractivity contribution in [1.82, 2.24) is 14.6 Å². The number of nitrogens with zero attached hydrogens (tertiary/aromatic N) is 4. The Morgan fingerprint density at radius 2 is 2.15 bits per heavy atom. The Morgan fingerprint density at radius 1 is 1.42 bits per heavy atom. The summed E-state index contributed by atoms with van der Waals surface area (Å²) in [6.45, 7) is 0. The SMILES string of the molecule is N#C[C@@]1(c2ccc3c(N)ncnn23)OC2(C[C@H]2OP(=O)(O)O)[C@@H](O)[C@H]1O. The molecule has 26 heavy (non-hydrogen) atoms. The molecule has 1 spiro atoms. The van der Waals surface area contributed by atoms with Crippen LogP contribution >= 0.6 is 7.82 Å². The average Bonchev–Trinajstić information content (AvgIpc) is 2.95. The van der Waals surface area contributed by atoms with E-state index in [1.807, 2.05) is 6.07 Å². The van der Waals surface area contributed by atoms with Gasteiger partial charge < -0.3 is 30.5 Å². The monoisotopic (exact) mass is 383 g/mol. The van der Waals surface area contributed by atoms with Gasteiger partial charge in [-0.2, -0.15) is 10.4 Å². The Hall–Kier alpha value is -2.10. The van der Waals surface area contributed by atoms with Gasteiger partial charge in [0, 0.05) is 6.42 Å². The van der Waals surface area contributed by atoms with Crippen molar-refractivity contribution in [2.75, 3.05) is 5.73 Å². The summed E-state index contributed by atoms with van der Waals surface area (Å²) in [4.78, 5) is 21.7. The second kappa shape index (κ2) is 5.21. The van der Waals surface area contributed by atoms with Crippen LogP contribution in [0.3, 0.4) is 0 Å². The number of hydrogen-bond donors (Lipinski definition) is 5. The van der Waals surface area contributed by atoms with Crippen molar-refractivity contribution in [2.24, 2.45) is 0 Å². The first-order chi connectivity index (χ1) is 12.1. The van der Waals surface area contributed by atoms with Gasteiger partial charge >= 0.3 is 7.82 Å². The summed E-state index contributed by atoms with van der Waals surface area (Å²) in [6.07, 6.45) is -3.44. The van der Waals surface area contributed by atoms with Crippen molar-refractivity contribution in [3.05, 3.63) is 24.2 Å². The van der Waals surface area contributed by atoms with Crippen LogP contribution in [-0.4, -0.2) is 58.5 Å². The molecule has 2 aromatic rings. The van der Waals surface area contributed by atoms with Gasteiger partial charge in [-0.25, -0.2) is 14.1 Å². The van der Waals surface area contributed by atoms with Crippen molar-refractivity contribution in [1.29, 1.82) is 5.26 Å². The molecule has 2 fully saturated rings. The Bertz CT molecular complexity index is 985. The lowest BCUT2D eigenvalue weighted by Gasteiger charge is -2.24. The highest BCUT2D eigenvalue weighted by atomic mass is 31.2. The van der Waals surface area contributed by atoms with Crippen LogP contribution in [0, 0.1) is 11.3 Å². The number of hydrogen-bond acceptors (Lipinski definition) is 9. The quantitative estimate of drug-likeness (QED) is 0.383. The molecule has 1 unspecified atom stereocenters. The third-order valence-corrected chi connectivity index (χ3v) is 5.28. The molecule has 4 rings (SSSR count). The lowest BCUT2D eigenvalue weighted by atomic mass is 9.92. The van der Waals surface area contributed by atoms with E-state index in [0.717, 1.165) is 6.33 Å². The topological polar surface area (TPSA) is 196 Å². The third-order valence-electron chi connectivity index (χ3n) is 4.75. The molecule has 1 saturated heterocycles. The fourth-order valence-corrected chi connectivity index (χ4v) is 4.02. The highest BCUT2D eigenvalue weighted by Crippen LogP contribution is 2.61. The first kappa shape index (κ1) is 17.3. The van der Waals surface area contributed by atoms with E-state index >= 15 is 0 Å². The molecule has 2 aliphatic rings. The van der Waals surface area contributed by atoms with Crippen LogP contribution < -0.4 is 5.73 Å². The highest BCUT2D eigenvalue weighted by Gasteiger charge is 2.76. The van der Waals surface area contributed by atoms with Crippen LogP contribution in [0.2, 0.25) is 0 Å². The molecule has 1 saturated carbocycles. The van der Waals surface area contributed by atoms with Crippen molar-refractivity contribution < 1.29 is 33.8 Å². The minimum Gasteiger partial charge on any atom is -0.387 e. The maximum atomic E-state index is 11.1. The minimum absolute atomic E-state index is 0.0920. The molecule has 0 radical (unpaired) electrons. The standard InChI is InChI=1S/C13H14N5O7P/c14-4-13(7-2-1-6-11(15)16-5-17-18(6)7)10(20)9(19)12(25-13)3-8(12)24-26(21,22)23/h1-2,5,8-10,19-20H,3H2,(H2,15,16,17)(H2,21,22,23)/t8-,9+,10-,12?,13+/m1/s1. The van der Waals surface area contributed by atoms with Gasteiger partial charge in [0.05, 0.1) is 5.69 Å². The highest BCUT2D eigenvalue weighted by molar-refractivity contribution is 7.46. The molecule has 3 heterocycles. The Kier molecular flexibility index (Phi) is 3.47. The number of phosphoric acid groups is 1. The molecular weight excluding hydrogens is 369 g/mol. The summed E-state index contributed by atoms with van der Waals surface area (Å²) in [5, 5.41) is 34.7. The Morgan fingerprint density at radius 3 is 2.81 bits per heavy atom. The van der Waals surface area contributed by atoms with Gasteiger partial charge in [-0.3, -0.25) is 4.52 Å². The average molecular weight is 383 g/mol. The van der Waals surface area contributed by atoms with Gasteiger partial charge in [0.1, 0.15) is 41.8 Å². The number of aromatic nitrogens is 3. The van der Waals surface area contributed by atoms with Gasteiger partial charge in [-0.05, 0) is 12.1 Å². The smallest absolute Gasteiger partial charge is 0.387 e. The molecule has 1 aliphatic heterocycles. The fourth-order valence-electron chi connectivity index (χ4n) is 3.44. The molecule has 13 heteroatoms. The summed E-state index contributed by atoms with van der Waals surface area (Å²) in [5.74, 6) is 0.135. The number of anilines is 1. The normalized spacial score (nSPS) is 36.5. The second-order valence-electron chi connectivity index (χ2n) is 6.24. The van der Waals surface area contributed by atoms with E-state index in [0.29, 0.717) is 5.52 Å². The van der Waals surface area contributed by atoms with E-state index in [9.17, 15) is 20.0 Å². The van der Waals surface area contributed by atoms with Crippen molar-refractivity contribution in [3.8, 4) is 6.07 Å². The molecule has 0 bridgehead atoms. The zero-order valence-corrected chi connectivity index (χ0v) is 13.9. The molecule has 0 amide bonds. The van der Waals surface area contributed by atoms with Crippen molar-refractivity contribution >= 4 is 19.2 Å². The number of nitriles is 1. The molecule has 0 aromatic carbocycles. The van der Waals surface area contributed by atoms with Crippen LogP contribution in [0.1, 0.15) is 12.1 Å². The first-order valence-electron chi connectivity index (χ1n) is 7.45. The number of fused-ring (bicyclic) bond motifs is 1. The number of phosphoric ester groups is 1. The first-order valence-corrected chi connectivity index (χ1v) is 8.98. The maximum absolute atomic E-state index is 11.1. The van der Waals surface area contributed by atoms with Crippen molar-refractivity contribution in [3.63, 3.8) is 0 Å². The molecule has 12 nitrogen and oxygen atoms in total. The summed E-state index contributed by atoms with van der Waals surface area (Å²) >= 11 is 0. The van der Waals surface area contributed by atoms with Crippen LogP contribution in [0.25, 0.3) is 5.52 Å². The Balaban J connectivity index is 1.79. The Labute approximate surface area is 145 Å². The summed E-state index contributed by atoms with van der Waals surface area (Å²) in [7, 11) is -4.84. The summed E-state index contributed by atoms with van der Waals surface area (Å²) in [5.41, 5.74) is 2.56. The van der Waals surface area contributed by atoms with Crippen LogP contribution in [0.5, 0.6) is 0 Å². The number of rotatable bonds is 3. The van der Waals surface area contributed by atoms with Gasteiger partial charge in [-0.1, -0.05) is 0 Å². The molecule has 1 aliphatic carbocycles. The maximum Gasteiger partial charge on any atom is 0.469 e. The van der Waals surface area contributed by atoms with Gasteiger partial charge in [0.25, 0.3) is 0 Å². The minimum atomic E-state index is -4.84. The molecule has 5 atom stereocenters. The lowest BCUT2D eigenvalue weighted by Crippen LogP contribution is -2.41. The molecule has 2 aromatic heterocycles. The predicted molar refractivity (Wildman–Crippen MR) is 82.1 cm³/mol. The lowest BCUT2D eigenvalue weighted by molar-refractivity contribution is -0.0750. The zero-order chi connectivity index (χ0) is 18.9. The number of ether oxygens (including phenoxy) is 1. The molecular formula is C13H14N5O7P. The second-order valence-corrected chi connectivity index (χ2v) is 7.44. The van der Waals surface area contributed by atoms with E-state index in [4.69, 9.17) is 20.3 Å². The number of nitrogens with two attached hydrogens (primary N) is 1.